The van der Waals surface area contributed by atoms with E-state index in [1.165, 1.54) is 32.1 Å². The summed E-state index contributed by atoms with van der Waals surface area (Å²) in [4.78, 5) is 0. The zero-order valence-electron chi connectivity index (χ0n) is 10.9. The average molecular weight is 286 g/mol. The molecule has 18 heavy (non-hydrogen) atoms. The summed E-state index contributed by atoms with van der Waals surface area (Å²) in [6.45, 7) is 4.25. The summed E-state index contributed by atoms with van der Waals surface area (Å²) >= 11 is 12.1. The third-order valence-electron chi connectivity index (χ3n) is 3.94. The highest BCUT2D eigenvalue weighted by Gasteiger charge is 2.25. The van der Waals surface area contributed by atoms with Gasteiger partial charge in [-0.2, -0.15) is 0 Å². The molecule has 1 saturated carbocycles. The lowest BCUT2D eigenvalue weighted by atomic mass is 9.76. The van der Waals surface area contributed by atoms with Gasteiger partial charge in [0.25, 0.3) is 0 Å². The molecule has 100 valence electrons. The summed E-state index contributed by atoms with van der Waals surface area (Å²) in [5.41, 5.74) is 1.55. The van der Waals surface area contributed by atoms with Crippen molar-refractivity contribution in [3.05, 3.63) is 33.8 Å². The van der Waals surface area contributed by atoms with Crippen LogP contribution in [0.5, 0.6) is 0 Å². The van der Waals surface area contributed by atoms with Crippen LogP contribution in [0.4, 0.5) is 0 Å². The van der Waals surface area contributed by atoms with Crippen molar-refractivity contribution in [3.63, 3.8) is 0 Å². The molecule has 1 aliphatic rings. The van der Waals surface area contributed by atoms with E-state index in [-0.39, 0.29) is 0 Å². The van der Waals surface area contributed by atoms with Gasteiger partial charge in [0.15, 0.2) is 0 Å². The zero-order chi connectivity index (χ0) is 13.0. The maximum absolute atomic E-state index is 6.15. The van der Waals surface area contributed by atoms with E-state index in [1.807, 2.05) is 18.2 Å². The number of halogens is 2. The second-order valence-corrected chi connectivity index (χ2v) is 6.55. The van der Waals surface area contributed by atoms with Gasteiger partial charge in [0.2, 0.25) is 0 Å². The van der Waals surface area contributed by atoms with Gasteiger partial charge in [-0.1, -0.05) is 49.4 Å². The molecule has 0 amide bonds. The number of benzene rings is 1. The average Bonchev–Trinajstić information content (AvgIpc) is 2.34. The van der Waals surface area contributed by atoms with Gasteiger partial charge < -0.3 is 5.32 Å². The Kier molecular flexibility index (Phi) is 4.94. The van der Waals surface area contributed by atoms with Crippen LogP contribution in [0.25, 0.3) is 0 Å². The zero-order valence-corrected chi connectivity index (χ0v) is 12.4. The number of hydrogen-bond donors (Lipinski definition) is 1. The van der Waals surface area contributed by atoms with Gasteiger partial charge in [-0.15, -0.1) is 0 Å². The Labute approximate surface area is 120 Å². The highest BCUT2D eigenvalue weighted by atomic mass is 35.5. The molecule has 0 atom stereocenters. The summed E-state index contributed by atoms with van der Waals surface area (Å²) in [5, 5.41) is 5.08. The number of hydrogen-bond acceptors (Lipinski definition) is 1. The molecule has 0 heterocycles. The van der Waals surface area contributed by atoms with Crippen LogP contribution in [-0.4, -0.2) is 6.54 Å². The predicted octanol–water partition coefficient (Wildman–Crippen LogP) is 5.05. The Bertz CT molecular complexity index is 397. The molecular weight excluding hydrogens is 265 g/mol. The van der Waals surface area contributed by atoms with E-state index < -0.39 is 0 Å². The molecule has 0 aromatic heterocycles. The molecule has 0 aliphatic heterocycles. The second-order valence-electron chi connectivity index (χ2n) is 5.71. The van der Waals surface area contributed by atoms with E-state index in [1.54, 1.807) is 0 Å². The van der Waals surface area contributed by atoms with E-state index in [2.05, 4.69) is 12.2 Å². The first-order chi connectivity index (χ1) is 8.59. The molecule has 0 spiro atoms. The molecule has 1 aromatic carbocycles. The van der Waals surface area contributed by atoms with Gasteiger partial charge >= 0.3 is 0 Å². The van der Waals surface area contributed by atoms with Gasteiger partial charge in [0, 0.05) is 23.1 Å². The third-order valence-corrected chi connectivity index (χ3v) is 4.54. The molecule has 1 aliphatic carbocycles. The van der Waals surface area contributed by atoms with Crippen molar-refractivity contribution >= 4 is 23.2 Å². The molecule has 3 heteroatoms. The van der Waals surface area contributed by atoms with Crippen molar-refractivity contribution in [3.8, 4) is 0 Å². The Morgan fingerprint density at radius 2 is 1.89 bits per heavy atom. The second kappa shape index (κ2) is 6.27. The maximum atomic E-state index is 6.15. The lowest BCUT2D eigenvalue weighted by Crippen LogP contribution is -2.33. The topological polar surface area (TPSA) is 12.0 Å². The Morgan fingerprint density at radius 3 is 2.61 bits per heavy atom. The number of nitrogens with one attached hydrogen (secondary N) is 1. The van der Waals surface area contributed by atoms with Crippen molar-refractivity contribution in [2.45, 2.75) is 45.6 Å². The highest BCUT2D eigenvalue weighted by molar-refractivity contribution is 6.33. The van der Waals surface area contributed by atoms with Gasteiger partial charge in [0.1, 0.15) is 0 Å². The van der Waals surface area contributed by atoms with E-state index >= 15 is 0 Å². The Hall–Kier alpha value is -0.240. The van der Waals surface area contributed by atoms with Crippen LogP contribution in [0.15, 0.2) is 18.2 Å². The van der Waals surface area contributed by atoms with Crippen molar-refractivity contribution < 1.29 is 0 Å². The summed E-state index contributed by atoms with van der Waals surface area (Å²) in [5.74, 6) is 0. The van der Waals surface area contributed by atoms with Crippen LogP contribution in [-0.2, 0) is 6.54 Å². The Morgan fingerprint density at radius 1 is 1.17 bits per heavy atom. The van der Waals surface area contributed by atoms with Crippen LogP contribution >= 0.6 is 23.2 Å². The molecule has 2 rings (SSSR count). The fourth-order valence-electron chi connectivity index (χ4n) is 2.76. The minimum atomic E-state index is 0.462. The van der Waals surface area contributed by atoms with Gasteiger partial charge in [-0.05, 0) is 42.0 Å². The smallest absolute Gasteiger partial charge is 0.0451 e. The molecule has 1 aromatic rings. The quantitative estimate of drug-likeness (QED) is 0.816. The fraction of sp³-hybridized carbons (Fsp3) is 0.600. The summed E-state index contributed by atoms with van der Waals surface area (Å²) in [7, 11) is 0. The standard InChI is InChI=1S/C15H21Cl2N/c1-15(7-3-2-4-8-15)11-18-10-12-9-13(16)5-6-14(12)17/h5-6,9,18H,2-4,7-8,10-11H2,1H3. The molecule has 0 bridgehead atoms. The first-order valence-electron chi connectivity index (χ1n) is 6.74. The van der Waals surface area contributed by atoms with E-state index in [0.29, 0.717) is 5.41 Å². The molecule has 1 nitrogen and oxygen atoms in total. The van der Waals surface area contributed by atoms with Crippen LogP contribution < -0.4 is 5.32 Å². The van der Waals surface area contributed by atoms with Crippen molar-refractivity contribution in [2.24, 2.45) is 5.41 Å². The molecule has 0 saturated heterocycles. The van der Waals surface area contributed by atoms with Crippen LogP contribution in [0, 0.1) is 5.41 Å². The minimum Gasteiger partial charge on any atom is -0.312 e. The SMILES string of the molecule is CC1(CNCc2cc(Cl)ccc2Cl)CCCCC1. The van der Waals surface area contributed by atoms with E-state index in [0.717, 1.165) is 28.7 Å². The fourth-order valence-corrected chi connectivity index (χ4v) is 3.14. The molecule has 1 fully saturated rings. The molecular formula is C15H21Cl2N. The first-order valence-corrected chi connectivity index (χ1v) is 7.49. The van der Waals surface area contributed by atoms with E-state index in [4.69, 9.17) is 23.2 Å². The summed E-state index contributed by atoms with van der Waals surface area (Å²) in [6, 6.07) is 5.64. The monoisotopic (exact) mass is 285 g/mol. The van der Waals surface area contributed by atoms with Gasteiger partial charge in [-0.25, -0.2) is 0 Å². The summed E-state index contributed by atoms with van der Waals surface area (Å²) < 4.78 is 0. The lowest BCUT2D eigenvalue weighted by molar-refractivity contribution is 0.207. The normalized spacial score (nSPS) is 18.8. The van der Waals surface area contributed by atoms with Gasteiger partial charge in [-0.3, -0.25) is 0 Å². The number of rotatable bonds is 4. The van der Waals surface area contributed by atoms with Crippen LogP contribution in [0.3, 0.4) is 0 Å². The molecule has 1 N–H and O–H groups in total. The Balaban J connectivity index is 1.86. The van der Waals surface area contributed by atoms with E-state index in [9.17, 15) is 0 Å². The van der Waals surface area contributed by atoms with Crippen molar-refractivity contribution in [1.82, 2.24) is 5.32 Å². The third kappa shape index (κ3) is 3.88. The lowest BCUT2D eigenvalue weighted by Gasteiger charge is -2.33. The summed E-state index contributed by atoms with van der Waals surface area (Å²) in [6.07, 6.45) is 6.81. The maximum Gasteiger partial charge on any atom is 0.0451 e. The molecule has 0 radical (unpaired) electrons. The first kappa shape index (κ1) is 14.2. The predicted molar refractivity (Wildman–Crippen MR) is 79.4 cm³/mol. The molecule has 0 unspecified atom stereocenters. The largest absolute Gasteiger partial charge is 0.312 e. The highest BCUT2D eigenvalue weighted by Crippen LogP contribution is 2.35. The van der Waals surface area contributed by atoms with Crippen molar-refractivity contribution in [1.29, 1.82) is 0 Å². The van der Waals surface area contributed by atoms with Gasteiger partial charge in [0.05, 0.1) is 0 Å². The minimum absolute atomic E-state index is 0.462. The van der Waals surface area contributed by atoms with Crippen molar-refractivity contribution in [2.75, 3.05) is 6.54 Å². The van der Waals surface area contributed by atoms with Crippen LogP contribution in [0.2, 0.25) is 10.0 Å². The van der Waals surface area contributed by atoms with Crippen LogP contribution in [0.1, 0.15) is 44.6 Å².